The second kappa shape index (κ2) is 5.23. The summed E-state index contributed by atoms with van der Waals surface area (Å²) in [5.41, 5.74) is 0. The van der Waals surface area contributed by atoms with Crippen LogP contribution < -0.4 is 5.32 Å². The van der Waals surface area contributed by atoms with Crippen LogP contribution in [0, 0.1) is 17.8 Å². The van der Waals surface area contributed by atoms with E-state index in [9.17, 15) is 0 Å². The third-order valence-electron chi connectivity index (χ3n) is 3.06. The van der Waals surface area contributed by atoms with Gasteiger partial charge in [0.2, 0.25) is 0 Å². The zero-order chi connectivity index (χ0) is 11.4. The lowest BCUT2D eigenvalue weighted by Gasteiger charge is -1.98. The van der Waals surface area contributed by atoms with Crippen molar-refractivity contribution in [1.29, 1.82) is 0 Å². The SMILES string of the molecule is CC#CCCNCc1ccc(C2CC2C)o1. The number of hydrogen-bond acceptors (Lipinski definition) is 2. The monoisotopic (exact) mass is 217 g/mol. The summed E-state index contributed by atoms with van der Waals surface area (Å²) in [5, 5.41) is 3.32. The minimum absolute atomic E-state index is 0.680. The molecule has 1 aromatic heterocycles. The topological polar surface area (TPSA) is 25.2 Å². The zero-order valence-corrected chi connectivity index (χ0v) is 10.0. The molecule has 1 aliphatic carbocycles. The highest BCUT2D eigenvalue weighted by Crippen LogP contribution is 2.47. The number of nitrogens with one attached hydrogen (secondary N) is 1. The molecule has 1 fully saturated rings. The summed E-state index contributed by atoms with van der Waals surface area (Å²) in [7, 11) is 0. The van der Waals surface area contributed by atoms with Gasteiger partial charge in [0.15, 0.2) is 0 Å². The highest BCUT2D eigenvalue weighted by molar-refractivity contribution is 5.17. The van der Waals surface area contributed by atoms with Crippen LogP contribution >= 0.6 is 0 Å². The second-order valence-corrected chi connectivity index (χ2v) is 4.48. The van der Waals surface area contributed by atoms with Crippen molar-refractivity contribution in [3.63, 3.8) is 0 Å². The summed E-state index contributed by atoms with van der Waals surface area (Å²) in [5.74, 6) is 9.61. The largest absolute Gasteiger partial charge is 0.464 e. The minimum Gasteiger partial charge on any atom is -0.464 e. The Kier molecular flexibility index (Phi) is 3.69. The molecule has 1 heterocycles. The Balaban J connectivity index is 1.72. The maximum absolute atomic E-state index is 5.79. The standard InChI is InChI=1S/C14H19NO/c1-3-4-5-8-15-10-12-6-7-14(16-12)13-9-11(13)2/h6-7,11,13,15H,5,8-10H2,1-2H3. The molecule has 0 aromatic carbocycles. The molecule has 2 heteroatoms. The predicted octanol–water partition coefficient (Wildman–Crippen LogP) is 2.91. The van der Waals surface area contributed by atoms with Crippen molar-refractivity contribution < 1.29 is 4.42 Å². The Morgan fingerprint density at radius 2 is 2.31 bits per heavy atom. The third-order valence-corrected chi connectivity index (χ3v) is 3.06. The van der Waals surface area contributed by atoms with E-state index in [1.54, 1.807) is 0 Å². The molecular weight excluding hydrogens is 198 g/mol. The van der Waals surface area contributed by atoms with E-state index < -0.39 is 0 Å². The van der Waals surface area contributed by atoms with Crippen molar-refractivity contribution in [2.75, 3.05) is 6.54 Å². The second-order valence-electron chi connectivity index (χ2n) is 4.48. The first-order chi connectivity index (χ1) is 7.81. The van der Waals surface area contributed by atoms with E-state index in [-0.39, 0.29) is 0 Å². The van der Waals surface area contributed by atoms with E-state index in [0.29, 0.717) is 5.92 Å². The molecule has 1 aliphatic rings. The zero-order valence-electron chi connectivity index (χ0n) is 10.0. The van der Waals surface area contributed by atoms with Crippen molar-refractivity contribution in [3.8, 4) is 11.8 Å². The van der Waals surface area contributed by atoms with Crippen LogP contribution in [0.5, 0.6) is 0 Å². The van der Waals surface area contributed by atoms with Crippen LogP contribution in [0.1, 0.15) is 44.1 Å². The lowest BCUT2D eigenvalue weighted by Crippen LogP contribution is -2.13. The molecule has 0 radical (unpaired) electrons. The van der Waals surface area contributed by atoms with Crippen LogP contribution in [0.15, 0.2) is 16.5 Å². The molecule has 0 amide bonds. The Morgan fingerprint density at radius 1 is 1.50 bits per heavy atom. The van der Waals surface area contributed by atoms with Gasteiger partial charge in [-0.3, -0.25) is 0 Å². The lowest BCUT2D eigenvalue weighted by molar-refractivity contribution is 0.446. The van der Waals surface area contributed by atoms with Crippen LogP contribution in [-0.2, 0) is 6.54 Å². The van der Waals surface area contributed by atoms with Gasteiger partial charge >= 0.3 is 0 Å². The predicted molar refractivity (Wildman–Crippen MR) is 65.0 cm³/mol. The molecule has 0 aliphatic heterocycles. The molecule has 1 aromatic rings. The molecule has 2 nitrogen and oxygen atoms in total. The van der Waals surface area contributed by atoms with Gasteiger partial charge in [0.05, 0.1) is 6.54 Å². The Hall–Kier alpha value is -1.20. The molecule has 16 heavy (non-hydrogen) atoms. The number of furan rings is 1. The third kappa shape index (κ3) is 2.90. The summed E-state index contributed by atoms with van der Waals surface area (Å²) in [6.07, 6.45) is 2.19. The Morgan fingerprint density at radius 3 is 3.00 bits per heavy atom. The maximum Gasteiger partial charge on any atom is 0.117 e. The van der Waals surface area contributed by atoms with E-state index in [0.717, 1.165) is 36.9 Å². The molecule has 2 rings (SSSR count). The van der Waals surface area contributed by atoms with Crippen molar-refractivity contribution >= 4 is 0 Å². The first kappa shape index (κ1) is 11.3. The molecule has 1 saturated carbocycles. The molecule has 0 bridgehead atoms. The van der Waals surface area contributed by atoms with Gasteiger partial charge in [0.25, 0.3) is 0 Å². The van der Waals surface area contributed by atoms with Crippen LogP contribution in [0.3, 0.4) is 0 Å². The minimum atomic E-state index is 0.680. The van der Waals surface area contributed by atoms with Crippen LogP contribution in [-0.4, -0.2) is 6.54 Å². The Labute approximate surface area is 97.4 Å². The fraction of sp³-hybridized carbons (Fsp3) is 0.571. The quantitative estimate of drug-likeness (QED) is 0.606. The summed E-state index contributed by atoms with van der Waals surface area (Å²) in [6, 6.07) is 4.20. The summed E-state index contributed by atoms with van der Waals surface area (Å²) in [4.78, 5) is 0. The number of hydrogen-bond donors (Lipinski definition) is 1. The van der Waals surface area contributed by atoms with Gasteiger partial charge in [0.1, 0.15) is 11.5 Å². The molecular formula is C14H19NO. The smallest absolute Gasteiger partial charge is 0.117 e. The van der Waals surface area contributed by atoms with Crippen molar-refractivity contribution in [3.05, 3.63) is 23.7 Å². The summed E-state index contributed by atoms with van der Waals surface area (Å²) < 4.78 is 5.79. The van der Waals surface area contributed by atoms with E-state index in [1.807, 2.05) is 6.92 Å². The van der Waals surface area contributed by atoms with Gasteiger partial charge in [-0.2, -0.15) is 0 Å². The van der Waals surface area contributed by atoms with E-state index in [4.69, 9.17) is 4.42 Å². The van der Waals surface area contributed by atoms with Gasteiger partial charge in [-0.05, 0) is 31.4 Å². The van der Waals surface area contributed by atoms with E-state index in [1.165, 1.54) is 6.42 Å². The maximum atomic E-state index is 5.79. The first-order valence-electron chi connectivity index (χ1n) is 6.00. The van der Waals surface area contributed by atoms with Gasteiger partial charge in [0, 0.05) is 18.9 Å². The number of rotatable bonds is 5. The fourth-order valence-electron chi connectivity index (χ4n) is 1.89. The molecule has 86 valence electrons. The molecule has 0 saturated heterocycles. The normalized spacial score (nSPS) is 22.6. The van der Waals surface area contributed by atoms with Crippen molar-refractivity contribution in [1.82, 2.24) is 5.32 Å². The highest BCUT2D eigenvalue weighted by Gasteiger charge is 2.36. The average Bonchev–Trinajstić information content (AvgIpc) is 2.83. The highest BCUT2D eigenvalue weighted by atomic mass is 16.3. The van der Waals surface area contributed by atoms with Crippen LogP contribution in [0.2, 0.25) is 0 Å². The van der Waals surface area contributed by atoms with Crippen LogP contribution in [0.25, 0.3) is 0 Å². The van der Waals surface area contributed by atoms with E-state index in [2.05, 4.69) is 36.2 Å². The Bertz CT molecular complexity index is 396. The van der Waals surface area contributed by atoms with Gasteiger partial charge < -0.3 is 9.73 Å². The summed E-state index contributed by atoms with van der Waals surface area (Å²) >= 11 is 0. The van der Waals surface area contributed by atoms with Gasteiger partial charge in [-0.25, -0.2) is 0 Å². The molecule has 2 unspecified atom stereocenters. The van der Waals surface area contributed by atoms with Gasteiger partial charge in [-0.15, -0.1) is 11.8 Å². The molecule has 2 atom stereocenters. The summed E-state index contributed by atoms with van der Waals surface area (Å²) in [6.45, 7) is 5.88. The average molecular weight is 217 g/mol. The molecule has 1 N–H and O–H groups in total. The van der Waals surface area contributed by atoms with Crippen LogP contribution in [0.4, 0.5) is 0 Å². The molecule has 0 spiro atoms. The van der Waals surface area contributed by atoms with Gasteiger partial charge in [-0.1, -0.05) is 6.92 Å². The lowest BCUT2D eigenvalue weighted by atomic mass is 10.3. The van der Waals surface area contributed by atoms with Crippen molar-refractivity contribution in [2.45, 2.75) is 39.2 Å². The van der Waals surface area contributed by atoms with E-state index >= 15 is 0 Å². The first-order valence-corrected chi connectivity index (χ1v) is 6.00. The fourth-order valence-corrected chi connectivity index (χ4v) is 1.89. The van der Waals surface area contributed by atoms with Crippen molar-refractivity contribution in [2.24, 2.45) is 5.92 Å².